The van der Waals surface area contributed by atoms with Gasteiger partial charge in [-0.1, -0.05) is 12.1 Å². The van der Waals surface area contributed by atoms with Crippen LogP contribution in [0.5, 0.6) is 5.88 Å². The lowest BCUT2D eigenvalue weighted by Gasteiger charge is -2.10. The Bertz CT molecular complexity index is 2490. The van der Waals surface area contributed by atoms with Crippen LogP contribution in [0, 0.1) is 23.5 Å². The van der Waals surface area contributed by atoms with Crippen LogP contribution in [0.2, 0.25) is 0 Å². The Labute approximate surface area is 366 Å². The molecular weight excluding hydrogens is 869 g/mol. The summed E-state index contributed by atoms with van der Waals surface area (Å²) in [7, 11) is 1.49. The Hall–Kier alpha value is -7.43. The number of pyridine rings is 2. The maximum Gasteiger partial charge on any atom is 0.416 e. The van der Waals surface area contributed by atoms with Crippen LogP contribution in [0.1, 0.15) is 42.5 Å². The first-order valence-electron chi connectivity index (χ1n) is 19.8. The second-order valence-electron chi connectivity index (χ2n) is 14.4. The first kappa shape index (κ1) is 47.1. The molecule has 0 bridgehead atoms. The highest BCUT2D eigenvalue weighted by Gasteiger charge is 2.31. The van der Waals surface area contributed by atoms with Crippen molar-refractivity contribution in [2.45, 2.75) is 38.0 Å². The monoisotopic (exact) mass is 910 g/mol. The predicted octanol–water partition coefficient (Wildman–Crippen LogP) is 9.62. The Morgan fingerprint density at radius 1 is 0.646 bits per heavy atom. The molecule has 0 unspecified atom stereocenters. The number of rotatable bonds is 15. The van der Waals surface area contributed by atoms with Crippen molar-refractivity contribution in [3.63, 3.8) is 0 Å². The maximum atomic E-state index is 13.8. The van der Waals surface area contributed by atoms with Crippen molar-refractivity contribution in [1.29, 1.82) is 0 Å². The largest absolute Gasteiger partial charge is 0.481 e. The molecule has 65 heavy (non-hydrogen) atoms. The van der Waals surface area contributed by atoms with Gasteiger partial charge in [-0.2, -0.15) is 41.4 Å². The quantitative estimate of drug-likeness (QED) is 0.0223. The van der Waals surface area contributed by atoms with E-state index in [1.807, 2.05) is 0 Å². The van der Waals surface area contributed by atoms with Crippen LogP contribution in [-0.2, 0) is 12.4 Å². The summed E-state index contributed by atoms with van der Waals surface area (Å²) in [5.74, 6) is 6.46. The molecule has 2 aliphatic rings. The van der Waals surface area contributed by atoms with Crippen LogP contribution in [-0.4, -0.2) is 56.3 Å². The Morgan fingerprint density at radius 2 is 1.15 bits per heavy atom. The zero-order chi connectivity index (χ0) is 46.4. The summed E-state index contributed by atoms with van der Waals surface area (Å²) in [6, 6.07) is 16.5. The van der Waals surface area contributed by atoms with Crippen LogP contribution >= 0.6 is 0 Å². The van der Waals surface area contributed by atoms with Crippen molar-refractivity contribution in [3.8, 4) is 5.88 Å². The van der Waals surface area contributed by atoms with Gasteiger partial charge in [-0.15, -0.1) is 0 Å². The van der Waals surface area contributed by atoms with Gasteiger partial charge in [0.1, 0.15) is 0 Å². The topological polar surface area (TPSA) is 197 Å². The van der Waals surface area contributed by atoms with Gasteiger partial charge in [-0.3, -0.25) is 10.4 Å². The van der Waals surface area contributed by atoms with Crippen molar-refractivity contribution >= 4 is 52.5 Å². The number of hydrazine groups is 1. The molecule has 15 nitrogen and oxygen atoms in total. The molecule has 2 saturated carbocycles. The van der Waals surface area contributed by atoms with E-state index in [1.165, 1.54) is 56.8 Å². The fourth-order valence-electron chi connectivity index (χ4n) is 5.40. The third-order valence-corrected chi connectivity index (χ3v) is 9.18. The van der Waals surface area contributed by atoms with Crippen molar-refractivity contribution in [1.82, 2.24) is 29.9 Å². The molecule has 0 spiro atoms. The molecule has 2 aliphatic carbocycles. The number of hydrogen-bond donors (Lipinski definition) is 7. The molecule has 0 saturated heterocycles. The van der Waals surface area contributed by atoms with Crippen LogP contribution in [0.3, 0.4) is 0 Å². The van der Waals surface area contributed by atoms with Gasteiger partial charge < -0.3 is 26.0 Å². The number of aromatic nitrogens is 6. The smallest absolute Gasteiger partial charge is 0.416 e. The first-order chi connectivity index (χ1) is 31.1. The maximum absolute atomic E-state index is 13.8. The van der Waals surface area contributed by atoms with E-state index in [1.54, 1.807) is 30.3 Å². The van der Waals surface area contributed by atoms with Crippen molar-refractivity contribution in [2.24, 2.45) is 22.8 Å². The summed E-state index contributed by atoms with van der Waals surface area (Å²) in [5, 5.41) is 15.6. The number of nitrogens with zero attached hydrogens (tertiary/aromatic N) is 7. The molecule has 6 aromatic rings. The molecular formula is C42H42F8N14O. The van der Waals surface area contributed by atoms with E-state index in [2.05, 4.69) is 67.1 Å². The van der Waals surface area contributed by atoms with Crippen molar-refractivity contribution in [3.05, 3.63) is 126 Å². The molecule has 4 aromatic heterocycles. The lowest BCUT2D eigenvalue weighted by Crippen LogP contribution is -2.13. The summed E-state index contributed by atoms with van der Waals surface area (Å²) in [6.07, 6.45) is 2.45. The van der Waals surface area contributed by atoms with Gasteiger partial charge in [0.2, 0.25) is 17.8 Å². The van der Waals surface area contributed by atoms with Gasteiger partial charge in [0.25, 0.3) is 0 Å². The molecule has 342 valence electrons. The van der Waals surface area contributed by atoms with Gasteiger partial charge in [-0.25, -0.2) is 35.0 Å². The number of alkyl halides is 6. The lowest BCUT2D eigenvalue weighted by atomic mass is 10.2. The van der Waals surface area contributed by atoms with Gasteiger partial charge in [0.15, 0.2) is 23.3 Å². The molecule has 0 aliphatic heterocycles. The highest BCUT2D eigenvalue weighted by molar-refractivity contribution is 5.78. The second kappa shape index (κ2) is 21.8. The number of halogens is 8. The number of nitrogens with one attached hydrogen (secondary N) is 6. The summed E-state index contributed by atoms with van der Waals surface area (Å²) in [5.41, 5.74) is 5.69. The predicted molar refractivity (Wildman–Crippen MR) is 230 cm³/mol. The van der Waals surface area contributed by atoms with E-state index >= 15 is 0 Å². The van der Waals surface area contributed by atoms with E-state index in [9.17, 15) is 35.1 Å². The number of nitrogens with two attached hydrogens (primary N) is 1. The number of hydrogen-bond acceptors (Lipinski definition) is 15. The van der Waals surface area contributed by atoms with E-state index < -0.39 is 35.1 Å². The molecule has 2 aromatic carbocycles. The summed E-state index contributed by atoms with van der Waals surface area (Å²) < 4.78 is 108. The molecule has 23 heteroatoms. The molecule has 4 heterocycles. The Morgan fingerprint density at radius 3 is 1.60 bits per heavy atom. The van der Waals surface area contributed by atoms with Crippen LogP contribution < -0.4 is 42.7 Å². The number of anilines is 8. The van der Waals surface area contributed by atoms with Gasteiger partial charge in [-0.05, 0) is 92.1 Å². The molecule has 8 N–H and O–H groups in total. The summed E-state index contributed by atoms with van der Waals surface area (Å²) >= 11 is 0. The van der Waals surface area contributed by atoms with E-state index in [4.69, 9.17) is 10.6 Å². The Kier molecular flexibility index (Phi) is 15.8. The van der Waals surface area contributed by atoms with Crippen LogP contribution in [0.25, 0.3) is 0 Å². The highest BCUT2D eigenvalue weighted by Crippen LogP contribution is 2.33. The third kappa shape index (κ3) is 15.4. The minimum atomic E-state index is -4.41. The number of benzene rings is 2. The zero-order valence-corrected chi connectivity index (χ0v) is 34.4. The third-order valence-electron chi connectivity index (χ3n) is 9.18. The minimum Gasteiger partial charge on any atom is -0.481 e. The number of methoxy groups -OCH3 is 1. The number of hydrazone groups is 1. The normalized spacial score (nSPS) is 13.4. The SMILES string of the molecule is COc1ccc(Nc2cccc(C(F)(F)F)c2)cn1.Fc1cnc(N/N=C/c2ccc(Nc3cccc(C(F)(F)F)c3)cn2)nc1NCC1CC1.NNc1ncc(F)c(NCC2CC2)n1. The van der Waals surface area contributed by atoms with Crippen LogP contribution in [0.15, 0.2) is 103 Å². The van der Waals surface area contributed by atoms with Crippen molar-refractivity contribution in [2.75, 3.05) is 52.3 Å². The average molecular weight is 911 g/mol. The minimum absolute atomic E-state index is 0.118. The van der Waals surface area contributed by atoms with Crippen LogP contribution in [0.4, 0.5) is 81.4 Å². The molecule has 0 radical (unpaired) electrons. The second-order valence-corrected chi connectivity index (χ2v) is 14.4. The fraction of sp³-hybridized carbons (Fsp3) is 0.262. The van der Waals surface area contributed by atoms with E-state index in [0.29, 0.717) is 52.7 Å². The molecule has 2 fully saturated rings. The highest BCUT2D eigenvalue weighted by atomic mass is 19.4. The molecule has 0 atom stereocenters. The molecule has 0 amide bonds. The van der Waals surface area contributed by atoms with E-state index in [-0.39, 0.29) is 23.5 Å². The molecule has 8 rings (SSSR count). The van der Waals surface area contributed by atoms with Gasteiger partial charge >= 0.3 is 12.4 Å². The van der Waals surface area contributed by atoms with Gasteiger partial charge in [0, 0.05) is 30.5 Å². The van der Waals surface area contributed by atoms with E-state index in [0.717, 1.165) is 56.0 Å². The Balaban J connectivity index is 0.000000179. The summed E-state index contributed by atoms with van der Waals surface area (Å²) in [4.78, 5) is 23.5. The fourth-order valence-corrected chi connectivity index (χ4v) is 5.40. The first-order valence-corrected chi connectivity index (χ1v) is 19.8. The average Bonchev–Trinajstić information content (AvgIpc) is 4.24. The number of ether oxygens (including phenoxy) is 1. The lowest BCUT2D eigenvalue weighted by molar-refractivity contribution is -0.138. The standard InChI is InChI=1S/C21H19F4N7.C13H11F3N2O.C8H12FN5/c22-18-12-28-20(31-19(18)27-9-13-4-5-13)32-29-11-16-6-7-17(10-26-16)30-15-3-1-2-14(8-15)21(23,24)25;1-19-12-6-5-11(8-17-12)18-10-4-2-3-9(7-10)13(14,15)16;9-6-4-12-8(14-10)13-7(6)11-3-5-1-2-5/h1-3,6-8,10-13,30H,4-5,9H2,(H2,27,28,31,32);2-8,18H,1H3;4-5H,1-3,10H2,(H2,11,12,13,14)/b29-11+;;. The van der Waals surface area contributed by atoms with Crippen molar-refractivity contribution < 1.29 is 39.9 Å². The zero-order valence-electron chi connectivity index (χ0n) is 34.4. The summed E-state index contributed by atoms with van der Waals surface area (Å²) in [6.45, 7) is 1.43. The number of nitrogen functional groups attached to an aromatic ring is 1. The van der Waals surface area contributed by atoms with Gasteiger partial charge in [0.05, 0.1) is 66.3 Å².